The van der Waals surface area contributed by atoms with Crippen molar-refractivity contribution in [2.24, 2.45) is 4.99 Å². The SMILES string of the molecule is CCOC(=O)COc1ccc(C=C2SC(=Nc3ccccc3)N(CCOC)C2=O)cc1OC. The molecule has 0 N–H and O–H groups in total. The molecule has 9 heteroatoms. The lowest BCUT2D eigenvalue weighted by Gasteiger charge is -2.14. The van der Waals surface area contributed by atoms with Gasteiger partial charge in [0.15, 0.2) is 23.3 Å². The van der Waals surface area contributed by atoms with Gasteiger partial charge in [0.2, 0.25) is 0 Å². The highest BCUT2D eigenvalue weighted by Crippen LogP contribution is 2.35. The molecule has 1 fully saturated rings. The van der Waals surface area contributed by atoms with E-state index in [1.807, 2.05) is 30.3 Å². The van der Waals surface area contributed by atoms with Crippen molar-refractivity contribution in [3.8, 4) is 11.5 Å². The normalized spacial score (nSPS) is 15.8. The molecule has 2 aromatic rings. The van der Waals surface area contributed by atoms with Crippen LogP contribution in [0.2, 0.25) is 0 Å². The number of amidine groups is 1. The van der Waals surface area contributed by atoms with Crippen molar-refractivity contribution in [2.75, 3.05) is 40.6 Å². The van der Waals surface area contributed by atoms with Crippen molar-refractivity contribution in [1.82, 2.24) is 4.90 Å². The van der Waals surface area contributed by atoms with E-state index in [0.29, 0.717) is 34.7 Å². The zero-order chi connectivity index (χ0) is 23.6. The van der Waals surface area contributed by atoms with Crippen LogP contribution >= 0.6 is 11.8 Å². The van der Waals surface area contributed by atoms with Gasteiger partial charge in [-0.3, -0.25) is 9.69 Å². The smallest absolute Gasteiger partial charge is 0.344 e. The lowest BCUT2D eigenvalue weighted by atomic mass is 10.2. The quantitative estimate of drug-likeness (QED) is 0.385. The molecule has 0 spiro atoms. The monoisotopic (exact) mass is 470 g/mol. The summed E-state index contributed by atoms with van der Waals surface area (Å²) in [6, 6.07) is 14.7. The minimum Gasteiger partial charge on any atom is -0.493 e. The Labute approximate surface area is 197 Å². The molecule has 0 unspecified atom stereocenters. The van der Waals surface area contributed by atoms with Gasteiger partial charge in [-0.25, -0.2) is 9.79 Å². The van der Waals surface area contributed by atoms with Gasteiger partial charge in [0.05, 0.1) is 37.5 Å². The highest BCUT2D eigenvalue weighted by molar-refractivity contribution is 8.18. The van der Waals surface area contributed by atoms with Crippen molar-refractivity contribution in [3.63, 3.8) is 0 Å². The lowest BCUT2D eigenvalue weighted by Crippen LogP contribution is -2.32. The molecule has 174 valence electrons. The summed E-state index contributed by atoms with van der Waals surface area (Å²) in [5.74, 6) is 0.248. The third-order valence-electron chi connectivity index (χ3n) is 4.52. The lowest BCUT2D eigenvalue weighted by molar-refractivity contribution is -0.145. The molecule has 0 saturated carbocycles. The van der Waals surface area contributed by atoms with Gasteiger partial charge >= 0.3 is 5.97 Å². The number of carbonyl (C=O) groups excluding carboxylic acids is 2. The van der Waals surface area contributed by atoms with Crippen LogP contribution in [-0.2, 0) is 19.1 Å². The fourth-order valence-corrected chi connectivity index (χ4v) is 3.99. The number of thioether (sulfide) groups is 1. The highest BCUT2D eigenvalue weighted by Gasteiger charge is 2.33. The Bertz CT molecular complexity index is 1040. The largest absolute Gasteiger partial charge is 0.493 e. The van der Waals surface area contributed by atoms with Crippen molar-refractivity contribution >= 4 is 40.6 Å². The standard InChI is InChI=1S/C24H26N2O6S/c1-4-31-22(27)16-32-19-11-10-17(14-20(19)30-3)15-21-23(28)26(12-13-29-2)24(33-21)25-18-8-6-5-7-9-18/h5-11,14-15H,4,12-13,16H2,1-3H3. The van der Waals surface area contributed by atoms with E-state index in [1.54, 1.807) is 43.2 Å². The molecule has 1 aliphatic heterocycles. The van der Waals surface area contributed by atoms with Crippen molar-refractivity contribution in [2.45, 2.75) is 6.92 Å². The molecule has 33 heavy (non-hydrogen) atoms. The van der Waals surface area contributed by atoms with Gasteiger partial charge in [-0.15, -0.1) is 0 Å². The molecule has 0 atom stereocenters. The van der Waals surface area contributed by atoms with Crippen molar-refractivity contribution in [1.29, 1.82) is 0 Å². The van der Waals surface area contributed by atoms with E-state index < -0.39 is 5.97 Å². The summed E-state index contributed by atoms with van der Waals surface area (Å²) in [7, 11) is 3.10. The Balaban J connectivity index is 1.83. The van der Waals surface area contributed by atoms with E-state index in [4.69, 9.17) is 18.9 Å². The summed E-state index contributed by atoms with van der Waals surface area (Å²) < 4.78 is 20.9. The molecule has 0 aromatic heterocycles. The summed E-state index contributed by atoms with van der Waals surface area (Å²) in [4.78, 5) is 31.4. The van der Waals surface area contributed by atoms with Crippen LogP contribution in [0.1, 0.15) is 12.5 Å². The van der Waals surface area contributed by atoms with E-state index in [1.165, 1.54) is 18.9 Å². The first-order valence-corrected chi connectivity index (χ1v) is 11.2. The van der Waals surface area contributed by atoms with Gasteiger partial charge in [-0.2, -0.15) is 0 Å². The van der Waals surface area contributed by atoms with Crippen LogP contribution in [0.3, 0.4) is 0 Å². The number of benzene rings is 2. The van der Waals surface area contributed by atoms with Crippen LogP contribution in [0.4, 0.5) is 5.69 Å². The number of rotatable bonds is 10. The van der Waals surface area contributed by atoms with Gasteiger partial charge in [-0.05, 0) is 54.6 Å². The third-order valence-corrected chi connectivity index (χ3v) is 5.53. The molecule has 0 radical (unpaired) electrons. The van der Waals surface area contributed by atoms with Gasteiger partial charge in [0, 0.05) is 7.11 Å². The Morgan fingerprint density at radius 3 is 2.61 bits per heavy atom. The summed E-state index contributed by atoms with van der Waals surface area (Å²) in [5, 5.41) is 0.593. The van der Waals surface area contributed by atoms with Crippen molar-refractivity contribution in [3.05, 3.63) is 59.0 Å². The predicted molar refractivity (Wildman–Crippen MR) is 128 cm³/mol. The maximum absolute atomic E-state index is 13.1. The number of nitrogens with zero attached hydrogens (tertiary/aromatic N) is 2. The fourth-order valence-electron chi connectivity index (χ4n) is 2.97. The Morgan fingerprint density at radius 2 is 1.91 bits per heavy atom. The molecule has 0 bridgehead atoms. The van der Waals surface area contributed by atoms with E-state index in [9.17, 15) is 9.59 Å². The number of amides is 1. The predicted octanol–water partition coefficient (Wildman–Crippen LogP) is 3.89. The molecular formula is C24H26N2O6S. The molecule has 0 aliphatic carbocycles. The number of hydrogen-bond acceptors (Lipinski definition) is 8. The highest BCUT2D eigenvalue weighted by atomic mass is 32.2. The number of carbonyl (C=O) groups is 2. The molecule has 2 aromatic carbocycles. The molecule has 1 heterocycles. The Morgan fingerprint density at radius 1 is 1.12 bits per heavy atom. The maximum atomic E-state index is 13.1. The molecule has 1 aliphatic rings. The van der Waals surface area contributed by atoms with E-state index in [2.05, 4.69) is 4.99 Å². The Kier molecular flexibility index (Phi) is 8.91. The van der Waals surface area contributed by atoms with Gasteiger partial charge < -0.3 is 18.9 Å². The van der Waals surface area contributed by atoms with Gasteiger partial charge in [0.25, 0.3) is 5.91 Å². The number of esters is 1. The zero-order valence-corrected chi connectivity index (χ0v) is 19.6. The van der Waals surface area contributed by atoms with Crippen LogP contribution in [0, 0.1) is 0 Å². The van der Waals surface area contributed by atoms with Crippen LogP contribution in [0.15, 0.2) is 58.4 Å². The Hall–Kier alpha value is -3.30. The first-order valence-electron chi connectivity index (χ1n) is 10.4. The average Bonchev–Trinajstić information content (AvgIpc) is 3.11. The zero-order valence-electron chi connectivity index (χ0n) is 18.8. The first-order chi connectivity index (χ1) is 16.0. The van der Waals surface area contributed by atoms with Crippen molar-refractivity contribution < 1.29 is 28.5 Å². The molecular weight excluding hydrogens is 444 g/mol. The van der Waals surface area contributed by atoms with Crippen LogP contribution < -0.4 is 9.47 Å². The second kappa shape index (κ2) is 12.1. The van der Waals surface area contributed by atoms with Gasteiger partial charge in [0.1, 0.15) is 0 Å². The minimum absolute atomic E-state index is 0.145. The summed E-state index contributed by atoms with van der Waals surface area (Å²) >= 11 is 1.30. The third kappa shape index (κ3) is 6.59. The summed E-state index contributed by atoms with van der Waals surface area (Å²) in [6.07, 6.45) is 1.78. The van der Waals surface area contributed by atoms with Crippen LogP contribution in [0.5, 0.6) is 11.5 Å². The topological polar surface area (TPSA) is 86.7 Å². The summed E-state index contributed by atoms with van der Waals surface area (Å²) in [5.41, 5.74) is 1.51. The molecule has 8 nitrogen and oxygen atoms in total. The van der Waals surface area contributed by atoms with E-state index >= 15 is 0 Å². The maximum Gasteiger partial charge on any atom is 0.344 e. The number of methoxy groups -OCH3 is 2. The molecule has 1 saturated heterocycles. The van der Waals surface area contributed by atoms with Gasteiger partial charge in [-0.1, -0.05) is 24.3 Å². The fraction of sp³-hybridized carbons (Fsp3) is 0.292. The average molecular weight is 471 g/mol. The van der Waals surface area contributed by atoms with Crippen LogP contribution in [-0.4, -0.2) is 62.5 Å². The van der Waals surface area contributed by atoms with E-state index in [0.717, 1.165) is 11.3 Å². The molecule has 1 amide bonds. The van der Waals surface area contributed by atoms with Crippen LogP contribution in [0.25, 0.3) is 6.08 Å². The number of hydrogen-bond donors (Lipinski definition) is 0. The summed E-state index contributed by atoms with van der Waals surface area (Å²) in [6.45, 7) is 2.60. The second-order valence-corrected chi connectivity index (χ2v) is 7.80. The number of para-hydroxylation sites is 1. The molecule has 3 rings (SSSR count). The number of aliphatic imine (C=N–C) groups is 1. The number of ether oxygens (including phenoxy) is 4. The first kappa shape index (κ1) is 24.3. The minimum atomic E-state index is -0.458. The second-order valence-electron chi connectivity index (χ2n) is 6.79. The van der Waals surface area contributed by atoms with E-state index in [-0.39, 0.29) is 19.1 Å².